The highest BCUT2D eigenvalue weighted by molar-refractivity contribution is 6.74. The van der Waals surface area contributed by atoms with E-state index in [0.29, 0.717) is 37.6 Å². The summed E-state index contributed by atoms with van der Waals surface area (Å²) in [6.45, 7) is 16.7. The van der Waals surface area contributed by atoms with Gasteiger partial charge in [0.25, 0.3) is 0 Å². The van der Waals surface area contributed by atoms with Crippen LogP contribution in [0.25, 0.3) is 0 Å². The summed E-state index contributed by atoms with van der Waals surface area (Å²) in [7, 11) is -1.97. The Morgan fingerprint density at radius 2 is 1.88 bits per heavy atom. The van der Waals surface area contributed by atoms with Crippen molar-refractivity contribution in [2.75, 3.05) is 13.2 Å². The van der Waals surface area contributed by atoms with Gasteiger partial charge in [0.2, 0.25) is 0 Å². The third-order valence-corrected chi connectivity index (χ3v) is 14.9. The molecule has 3 saturated carbocycles. The highest BCUT2D eigenvalue weighted by Crippen LogP contribution is 2.68. The first-order valence-corrected chi connectivity index (χ1v) is 15.9. The van der Waals surface area contributed by atoms with Gasteiger partial charge in [0.15, 0.2) is 14.6 Å². The Balaban J connectivity index is 1.75. The van der Waals surface area contributed by atoms with Crippen molar-refractivity contribution in [1.82, 2.24) is 0 Å². The van der Waals surface area contributed by atoms with Gasteiger partial charge >= 0.3 is 0 Å². The predicted molar refractivity (Wildman–Crippen MR) is 128 cm³/mol. The molecule has 8 atom stereocenters. The summed E-state index contributed by atoms with van der Waals surface area (Å²) < 4.78 is 19.6. The van der Waals surface area contributed by atoms with E-state index in [1.807, 2.05) is 6.92 Å². The van der Waals surface area contributed by atoms with E-state index in [1.165, 1.54) is 0 Å². The molecule has 5 nitrogen and oxygen atoms in total. The predicted octanol–water partition coefficient (Wildman–Crippen LogP) is 5.31. The maximum absolute atomic E-state index is 13.1. The van der Waals surface area contributed by atoms with Crippen LogP contribution in [0.15, 0.2) is 0 Å². The number of carbonyl (C=O) groups excluding carboxylic acids is 1. The second-order valence-electron chi connectivity index (χ2n) is 12.8. The van der Waals surface area contributed by atoms with Crippen molar-refractivity contribution in [2.45, 2.75) is 116 Å². The molecular weight excluding hydrogens is 420 g/mol. The molecule has 4 fully saturated rings. The first kappa shape index (κ1) is 24.8. The summed E-state index contributed by atoms with van der Waals surface area (Å²) in [4.78, 5) is 13.1. The molecule has 1 unspecified atom stereocenters. The Morgan fingerprint density at radius 3 is 2.50 bits per heavy atom. The van der Waals surface area contributed by atoms with Gasteiger partial charge in [-0.3, -0.25) is 4.79 Å². The fourth-order valence-electron chi connectivity index (χ4n) is 7.64. The van der Waals surface area contributed by atoms with Gasteiger partial charge in [-0.1, -0.05) is 34.1 Å². The summed E-state index contributed by atoms with van der Waals surface area (Å²) in [6.07, 6.45) is 5.99. The largest absolute Gasteiger partial charge is 0.413 e. The number of Topliss-reactive ketones (excluding diaryl/α,β-unsaturated/α-hetero) is 1. The lowest BCUT2D eigenvalue weighted by Crippen LogP contribution is -2.71. The molecule has 1 saturated heterocycles. The van der Waals surface area contributed by atoms with Crippen molar-refractivity contribution in [2.24, 2.45) is 28.6 Å². The number of aliphatic hydroxyl groups excluding tert-OH is 1. The zero-order valence-electron chi connectivity index (χ0n) is 21.4. The number of fused-ring (bicyclic) bond motifs is 2. The van der Waals surface area contributed by atoms with E-state index in [1.54, 1.807) is 0 Å². The van der Waals surface area contributed by atoms with E-state index < -0.39 is 8.32 Å². The van der Waals surface area contributed by atoms with E-state index >= 15 is 0 Å². The molecular formula is C26H46O5Si. The number of hydrogen-bond acceptors (Lipinski definition) is 5. The Morgan fingerprint density at radius 1 is 1.16 bits per heavy atom. The van der Waals surface area contributed by atoms with Crippen LogP contribution >= 0.6 is 0 Å². The number of ketones is 1. The summed E-state index contributed by atoms with van der Waals surface area (Å²) in [5.74, 6) is 1.03. The number of ether oxygens (including phenoxy) is 2. The zero-order valence-corrected chi connectivity index (χ0v) is 22.4. The van der Waals surface area contributed by atoms with E-state index in [0.717, 1.165) is 25.7 Å². The van der Waals surface area contributed by atoms with Crippen molar-refractivity contribution in [3.05, 3.63) is 0 Å². The SMILES string of the molecule is CCOC1C[C@H]2CC(=O)C[C@H]3[C@]4(C)[C@H](CCC[C@H]4O[Si](C)(C)C(C)(C)C)C[C@@H](O1)[C@@]23CO. The lowest BCUT2D eigenvalue weighted by Gasteiger charge is -2.68. The van der Waals surface area contributed by atoms with Crippen LogP contribution in [0.5, 0.6) is 0 Å². The molecule has 4 aliphatic rings. The van der Waals surface area contributed by atoms with Crippen molar-refractivity contribution < 1.29 is 23.8 Å². The molecule has 32 heavy (non-hydrogen) atoms. The molecule has 184 valence electrons. The van der Waals surface area contributed by atoms with Crippen LogP contribution < -0.4 is 0 Å². The van der Waals surface area contributed by atoms with Gasteiger partial charge in [-0.05, 0) is 67.5 Å². The molecule has 0 aromatic carbocycles. The normalized spacial score (nSPS) is 44.7. The topological polar surface area (TPSA) is 65.0 Å². The van der Waals surface area contributed by atoms with Crippen LogP contribution in [-0.2, 0) is 18.7 Å². The average Bonchev–Trinajstić information content (AvgIpc) is 2.69. The smallest absolute Gasteiger partial charge is 0.192 e. The maximum Gasteiger partial charge on any atom is 0.192 e. The fourth-order valence-corrected chi connectivity index (χ4v) is 9.08. The summed E-state index contributed by atoms with van der Waals surface area (Å²) in [6, 6.07) is 0. The standard InChI is InChI=1S/C26H46O5Si/c1-8-29-23-14-18-12-19(28)15-20-25(5)17(13-22(30-23)26(18,20)16-27)10-9-11-21(25)31-32(6,7)24(2,3)4/h17-18,20-23,27H,8-16H2,1-7H3/t17-,18-,20+,21-,22-,23?,25+,26+/m1/s1. The Bertz CT molecular complexity index is 717. The maximum atomic E-state index is 13.1. The van der Waals surface area contributed by atoms with Crippen molar-refractivity contribution in [3.63, 3.8) is 0 Å². The number of carbonyl (C=O) groups is 1. The first-order valence-electron chi connectivity index (χ1n) is 13.0. The minimum atomic E-state index is -1.97. The third kappa shape index (κ3) is 3.67. The zero-order chi connectivity index (χ0) is 23.5. The average molecular weight is 467 g/mol. The van der Waals surface area contributed by atoms with Crippen LogP contribution in [-0.4, -0.2) is 50.9 Å². The minimum absolute atomic E-state index is 0.0365. The van der Waals surface area contributed by atoms with E-state index in [-0.39, 0.29) is 52.8 Å². The van der Waals surface area contributed by atoms with Crippen LogP contribution in [0.1, 0.15) is 79.6 Å². The first-order chi connectivity index (χ1) is 14.9. The van der Waals surface area contributed by atoms with E-state index in [9.17, 15) is 9.90 Å². The van der Waals surface area contributed by atoms with Crippen molar-refractivity contribution >= 4 is 14.1 Å². The van der Waals surface area contributed by atoms with E-state index in [4.69, 9.17) is 13.9 Å². The van der Waals surface area contributed by atoms with Gasteiger partial charge in [-0.15, -0.1) is 0 Å². The van der Waals surface area contributed by atoms with Crippen LogP contribution in [0.4, 0.5) is 0 Å². The molecule has 1 heterocycles. The monoisotopic (exact) mass is 466 g/mol. The Kier molecular flexibility index (Phi) is 6.55. The van der Waals surface area contributed by atoms with Gasteiger partial charge in [0.1, 0.15) is 5.78 Å². The van der Waals surface area contributed by atoms with Crippen LogP contribution in [0.3, 0.4) is 0 Å². The molecule has 4 rings (SSSR count). The highest BCUT2D eigenvalue weighted by atomic mass is 28.4. The summed E-state index contributed by atoms with van der Waals surface area (Å²) in [5, 5.41) is 11.1. The molecule has 0 spiro atoms. The molecule has 0 aromatic rings. The van der Waals surface area contributed by atoms with Crippen LogP contribution in [0, 0.1) is 28.6 Å². The molecule has 1 aliphatic heterocycles. The second kappa shape index (κ2) is 8.44. The molecule has 0 radical (unpaired) electrons. The molecule has 1 N–H and O–H groups in total. The number of aliphatic hydroxyl groups is 1. The molecule has 3 aliphatic carbocycles. The third-order valence-electron chi connectivity index (χ3n) is 10.4. The molecule has 0 bridgehead atoms. The van der Waals surface area contributed by atoms with E-state index in [2.05, 4.69) is 40.8 Å². The Hall–Kier alpha value is -0.273. The summed E-state index contributed by atoms with van der Waals surface area (Å²) >= 11 is 0. The molecule has 0 aromatic heterocycles. The van der Waals surface area contributed by atoms with Crippen LogP contribution in [0.2, 0.25) is 18.1 Å². The highest BCUT2D eigenvalue weighted by Gasteiger charge is 2.69. The number of hydrogen-bond donors (Lipinski definition) is 1. The number of rotatable bonds is 5. The summed E-state index contributed by atoms with van der Waals surface area (Å²) in [5.41, 5.74) is -0.470. The van der Waals surface area contributed by atoms with Crippen molar-refractivity contribution in [1.29, 1.82) is 0 Å². The van der Waals surface area contributed by atoms with Gasteiger partial charge in [0.05, 0.1) is 18.8 Å². The van der Waals surface area contributed by atoms with Gasteiger partial charge in [0, 0.05) is 31.3 Å². The second-order valence-corrected chi connectivity index (χ2v) is 17.6. The molecule has 0 amide bonds. The Labute approximate surface area is 196 Å². The lowest BCUT2D eigenvalue weighted by molar-refractivity contribution is -0.318. The minimum Gasteiger partial charge on any atom is -0.413 e. The van der Waals surface area contributed by atoms with Gasteiger partial charge in [-0.2, -0.15) is 0 Å². The molecule has 6 heteroatoms. The van der Waals surface area contributed by atoms with Gasteiger partial charge in [-0.25, -0.2) is 0 Å². The van der Waals surface area contributed by atoms with Gasteiger partial charge < -0.3 is 19.0 Å². The van der Waals surface area contributed by atoms with Crippen molar-refractivity contribution in [3.8, 4) is 0 Å². The lowest BCUT2D eigenvalue weighted by atomic mass is 9.40. The fraction of sp³-hybridized carbons (Fsp3) is 0.962. The quantitative estimate of drug-likeness (QED) is 0.556.